The summed E-state index contributed by atoms with van der Waals surface area (Å²) in [6.07, 6.45) is -0.708. The molecule has 2 amide bonds. The van der Waals surface area contributed by atoms with Gasteiger partial charge >= 0.3 is 12.0 Å². The molecule has 0 unspecified atom stereocenters. The molecule has 7 rings (SSSR count). The Labute approximate surface area is 346 Å². The summed E-state index contributed by atoms with van der Waals surface area (Å²) in [6.45, 7) is 5.36. The fourth-order valence-electron chi connectivity index (χ4n) is 7.79. The monoisotopic (exact) mass is 791 g/mol. The van der Waals surface area contributed by atoms with Crippen LogP contribution < -0.4 is 10.6 Å². The Morgan fingerprint density at radius 1 is 0.746 bits per heavy atom. The minimum absolute atomic E-state index is 0.0188. The number of ether oxygens (including phenoxy) is 3. The van der Waals surface area contributed by atoms with Crippen LogP contribution in [0.4, 0.5) is 4.79 Å². The third kappa shape index (κ3) is 10.2. The predicted molar refractivity (Wildman–Crippen MR) is 231 cm³/mol. The molecule has 1 heterocycles. The molecule has 0 aromatic heterocycles. The lowest BCUT2D eigenvalue weighted by molar-refractivity contribution is -0.276. The Balaban J connectivity index is 1.07. The SMILES string of the molecule is COC(=O)[C@H](Cc1ccccc1)NC(=O)NCc1cccc(-c2cccc([C@H]3O[C@@H](CN(C)[C@H](C)c4ccc5ccccc5c4)[C@@H](C)[C@@H](c4ccc(CO)cc4)O3)c2)c1. The van der Waals surface area contributed by atoms with Gasteiger partial charge in [0.1, 0.15) is 6.04 Å². The van der Waals surface area contributed by atoms with Gasteiger partial charge in [-0.3, -0.25) is 4.90 Å². The predicted octanol–water partition coefficient (Wildman–Crippen LogP) is 9.07. The summed E-state index contributed by atoms with van der Waals surface area (Å²) in [7, 11) is 3.47. The number of aliphatic hydroxyl groups is 1. The highest BCUT2D eigenvalue weighted by molar-refractivity contribution is 5.84. The number of methoxy groups -OCH3 is 1. The molecule has 6 atom stereocenters. The second-order valence-corrected chi connectivity index (χ2v) is 15.5. The lowest BCUT2D eigenvalue weighted by atomic mass is 9.89. The number of hydrogen-bond acceptors (Lipinski definition) is 7. The number of likely N-dealkylation sites (N-methyl/N-ethyl adjacent to an activating group) is 1. The van der Waals surface area contributed by atoms with Crippen molar-refractivity contribution in [1.29, 1.82) is 0 Å². The summed E-state index contributed by atoms with van der Waals surface area (Å²) in [6, 6.07) is 47.7. The summed E-state index contributed by atoms with van der Waals surface area (Å²) < 4.78 is 18.7. The number of aliphatic hydroxyl groups excluding tert-OH is 1. The first kappa shape index (κ1) is 41.3. The third-order valence-corrected chi connectivity index (χ3v) is 11.5. The van der Waals surface area contributed by atoms with Gasteiger partial charge in [-0.15, -0.1) is 0 Å². The number of hydrogen-bond donors (Lipinski definition) is 3. The van der Waals surface area contributed by atoms with Crippen LogP contribution in [0.1, 0.15) is 65.7 Å². The van der Waals surface area contributed by atoms with Crippen LogP contribution in [0.15, 0.2) is 146 Å². The molecule has 1 aliphatic heterocycles. The number of rotatable bonds is 14. The van der Waals surface area contributed by atoms with E-state index in [1.54, 1.807) is 0 Å². The standard InChI is InChI=1S/C50H53N3O6/c1-33-46(31-53(3)34(2)40-25-24-38-15-8-9-16-42(38)28-40)58-49(59-47(33)39-22-20-36(32-54)21-23-39)44-19-11-18-43(29-44)41-17-10-14-37(26-41)30-51-50(56)52-45(48(55)57-4)27-35-12-6-5-7-13-35/h5-26,28-29,33-34,45-47,49,54H,27,30-32H2,1-4H3,(H2,51,52,56)/t33-,34-,45+,46+,47+,49+/m1/s1. The molecule has 59 heavy (non-hydrogen) atoms. The summed E-state index contributed by atoms with van der Waals surface area (Å²) in [5.41, 5.74) is 7.81. The Hall–Kier alpha value is -5.84. The highest BCUT2D eigenvalue weighted by Crippen LogP contribution is 2.43. The molecule has 0 spiro atoms. The maximum Gasteiger partial charge on any atom is 0.328 e. The van der Waals surface area contributed by atoms with Gasteiger partial charge in [0.05, 0.1) is 25.9 Å². The molecule has 9 heteroatoms. The number of nitrogens with zero attached hydrogens (tertiary/aromatic N) is 1. The Morgan fingerprint density at radius 3 is 2.19 bits per heavy atom. The smallest absolute Gasteiger partial charge is 0.328 e. The van der Waals surface area contributed by atoms with Crippen molar-refractivity contribution in [1.82, 2.24) is 15.5 Å². The molecule has 0 radical (unpaired) electrons. The maximum absolute atomic E-state index is 13.0. The van der Waals surface area contributed by atoms with E-state index >= 15 is 0 Å². The molecule has 0 saturated carbocycles. The molecule has 9 nitrogen and oxygen atoms in total. The Morgan fingerprint density at radius 2 is 1.44 bits per heavy atom. The molecule has 0 aliphatic carbocycles. The number of nitrogens with one attached hydrogen (secondary N) is 2. The van der Waals surface area contributed by atoms with Crippen molar-refractivity contribution in [2.75, 3.05) is 20.7 Å². The van der Waals surface area contributed by atoms with Gasteiger partial charge in [-0.1, -0.05) is 134 Å². The van der Waals surface area contributed by atoms with Crippen LogP contribution in [0.5, 0.6) is 0 Å². The van der Waals surface area contributed by atoms with Gasteiger partial charge in [0.2, 0.25) is 0 Å². The largest absolute Gasteiger partial charge is 0.467 e. The van der Waals surface area contributed by atoms with E-state index in [1.165, 1.54) is 23.4 Å². The fourth-order valence-corrected chi connectivity index (χ4v) is 7.79. The van der Waals surface area contributed by atoms with Crippen LogP contribution in [0.2, 0.25) is 0 Å². The van der Waals surface area contributed by atoms with E-state index in [0.29, 0.717) is 13.0 Å². The summed E-state index contributed by atoms with van der Waals surface area (Å²) in [5.74, 6) is -0.477. The number of benzene rings is 6. The molecule has 1 saturated heterocycles. The van der Waals surface area contributed by atoms with E-state index in [9.17, 15) is 14.7 Å². The van der Waals surface area contributed by atoms with Crippen LogP contribution >= 0.6 is 0 Å². The number of carbonyl (C=O) groups is 2. The van der Waals surface area contributed by atoms with E-state index in [0.717, 1.165) is 38.9 Å². The van der Waals surface area contributed by atoms with E-state index in [4.69, 9.17) is 14.2 Å². The van der Waals surface area contributed by atoms with Crippen LogP contribution in [-0.2, 0) is 38.6 Å². The van der Waals surface area contributed by atoms with E-state index < -0.39 is 24.3 Å². The average Bonchev–Trinajstić information content (AvgIpc) is 3.28. The van der Waals surface area contributed by atoms with Gasteiger partial charge in [-0.25, -0.2) is 9.59 Å². The number of fused-ring (bicyclic) bond motifs is 1. The first-order valence-corrected chi connectivity index (χ1v) is 20.2. The van der Waals surface area contributed by atoms with Crippen LogP contribution in [0.25, 0.3) is 21.9 Å². The number of esters is 1. The first-order valence-electron chi connectivity index (χ1n) is 20.2. The van der Waals surface area contributed by atoms with Gasteiger partial charge in [-0.2, -0.15) is 0 Å². The van der Waals surface area contributed by atoms with Crippen LogP contribution in [-0.4, -0.2) is 54.9 Å². The molecule has 1 fully saturated rings. The van der Waals surface area contributed by atoms with Crippen LogP contribution in [0, 0.1) is 5.92 Å². The maximum atomic E-state index is 13.0. The number of urea groups is 1. The molecular weight excluding hydrogens is 739 g/mol. The summed E-state index contributed by atoms with van der Waals surface area (Å²) >= 11 is 0. The van der Waals surface area contributed by atoms with Crippen molar-refractivity contribution in [3.8, 4) is 11.1 Å². The summed E-state index contributed by atoms with van der Waals surface area (Å²) in [5, 5.41) is 17.8. The van der Waals surface area contributed by atoms with E-state index in [2.05, 4.69) is 91.0 Å². The van der Waals surface area contributed by atoms with Crippen molar-refractivity contribution in [3.63, 3.8) is 0 Å². The lowest BCUT2D eigenvalue weighted by Gasteiger charge is -2.43. The fraction of sp³-hybridized carbons (Fsp3) is 0.280. The third-order valence-electron chi connectivity index (χ3n) is 11.5. The lowest BCUT2D eigenvalue weighted by Crippen LogP contribution is -2.47. The van der Waals surface area contributed by atoms with Crippen molar-refractivity contribution in [2.45, 2.75) is 64.0 Å². The average molecular weight is 792 g/mol. The Kier molecular flexibility index (Phi) is 13.5. The van der Waals surface area contributed by atoms with E-state index in [-0.39, 0.29) is 37.3 Å². The van der Waals surface area contributed by atoms with Crippen molar-refractivity contribution < 1.29 is 28.9 Å². The van der Waals surface area contributed by atoms with Crippen molar-refractivity contribution in [2.24, 2.45) is 5.92 Å². The van der Waals surface area contributed by atoms with Gasteiger partial charge < -0.3 is 30.0 Å². The number of carbonyl (C=O) groups excluding carboxylic acids is 2. The normalized spacial score (nSPS) is 18.9. The zero-order valence-electron chi connectivity index (χ0n) is 34.1. The zero-order valence-corrected chi connectivity index (χ0v) is 34.1. The minimum atomic E-state index is -0.823. The minimum Gasteiger partial charge on any atom is -0.467 e. The number of amides is 2. The topological polar surface area (TPSA) is 109 Å². The molecule has 1 aliphatic rings. The molecule has 3 N–H and O–H groups in total. The zero-order chi connectivity index (χ0) is 41.3. The second-order valence-electron chi connectivity index (χ2n) is 15.5. The molecule has 6 aromatic carbocycles. The van der Waals surface area contributed by atoms with Crippen molar-refractivity contribution >= 4 is 22.8 Å². The summed E-state index contributed by atoms with van der Waals surface area (Å²) in [4.78, 5) is 27.8. The van der Waals surface area contributed by atoms with Gasteiger partial charge in [0, 0.05) is 37.0 Å². The first-order chi connectivity index (χ1) is 28.7. The molecule has 0 bridgehead atoms. The Bertz CT molecular complexity index is 2330. The molecule has 304 valence electrons. The van der Waals surface area contributed by atoms with Gasteiger partial charge in [0.15, 0.2) is 6.29 Å². The van der Waals surface area contributed by atoms with Gasteiger partial charge in [-0.05, 0) is 81.9 Å². The van der Waals surface area contributed by atoms with Gasteiger partial charge in [0.25, 0.3) is 0 Å². The quantitative estimate of drug-likeness (QED) is 0.0945. The highest BCUT2D eigenvalue weighted by atomic mass is 16.7. The van der Waals surface area contributed by atoms with Crippen LogP contribution in [0.3, 0.4) is 0 Å². The molecule has 6 aromatic rings. The van der Waals surface area contributed by atoms with E-state index in [1.807, 2.05) is 91.0 Å². The molecular formula is C50H53N3O6. The highest BCUT2D eigenvalue weighted by Gasteiger charge is 2.39. The second kappa shape index (κ2) is 19.3. The van der Waals surface area contributed by atoms with Crippen molar-refractivity contribution in [3.05, 3.63) is 179 Å².